The van der Waals surface area contributed by atoms with Gasteiger partial charge >= 0.3 is 0 Å². The molecule has 1 aliphatic heterocycles. The number of hydrazone groups is 1. The lowest BCUT2D eigenvalue weighted by atomic mass is 10.1. The second-order valence-electron chi connectivity index (χ2n) is 2.51. The van der Waals surface area contributed by atoms with Crippen LogP contribution in [0, 0.1) is 0 Å². The zero-order valence-corrected chi connectivity index (χ0v) is 6.44. The first kappa shape index (κ1) is 6.97. The number of fused-ring (bicyclic) bond motifs is 1. The fourth-order valence-electron chi connectivity index (χ4n) is 1.20. The average molecular weight is 160 g/mol. The van der Waals surface area contributed by atoms with Gasteiger partial charge in [-0.2, -0.15) is 10.2 Å². The molecule has 1 heterocycles. The molecule has 2 N–H and O–H groups in total. The zero-order chi connectivity index (χ0) is 8.39. The molecule has 2 rings (SSSR count). The van der Waals surface area contributed by atoms with Gasteiger partial charge in [-0.1, -0.05) is 24.3 Å². The summed E-state index contributed by atoms with van der Waals surface area (Å²) < 4.78 is 0. The van der Waals surface area contributed by atoms with Crippen LogP contribution in [-0.2, 0) is 6.54 Å². The summed E-state index contributed by atoms with van der Waals surface area (Å²) >= 11 is 0. The molecule has 0 atom stereocenters. The van der Waals surface area contributed by atoms with Gasteiger partial charge in [0.05, 0.1) is 6.54 Å². The molecule has 4 heteroatoms. The quantitative estimate of drug-likeness (QED) is 0.451. The van der Waals surface area contributed by atoms with Crippen molar-refractivity contribution in [3.63, 3.8) is 0 Å². The Balaban J connectivity index is 2.58. The molecule has 0 bridgehead atoms. The van der Waals surface area contributed by atoms with Crippen molar-refractivity contribution in [2.24, 2.45) is 21.2 Å². The van der Waals surface area contributed by atoms with E-state index in [1.54, 1.807) is 0 Å². The smallest absolute Gasteiger partial charge is 0.200 e. The minimum atomic E-state index is 0.511. The summed E-state index contributed by atoms with van der Waals surface area (Å²) in [5, 5.41) is 11.3. The highest BCUT2D eigenvalue weighted by atomic mass is 15.2. The van der Waals surface area contributed by atoms with Crippen LogP contribution in [0.5, 0.6) is 0 Å². The number of nitrogens with zero attached hydrogens (tertiary/aromatic N) is 3. The van der Waals surface area contributed by atoms with E-state index in [2.05, 4.69) is 15.3 Å². The van der Waals surface area contributed by atoms with E-state index in [1.165, 1.54) is 0 Å². The van der Waals surface area contributed by atoms with E-state index in [9.17, 15) is 0 Å². The Labute approximate surface area is 69.8 Å². The summed E-state index contributed by atoms with van der Waals surface area (Å²) in [5.74, 6) is 5.66. The molecule has 0 aliphatic carbocycles. The van der Waals surface area contributed by atoms with Gasteiger partial charge in [0.25, 0.3) is 0 Å². The summed E-state index contributed by atoms with van der Waals surface area (Å²) in [6.07, 6.45) is 0. The third-order valence-corrected chi connectivity index (χ3v) is 1.79. The van der Waals surface area contributed by atoms with Crippen molar-refractivity contribution in [3.8, 4) is 0 Å². The molecule has 4 nitrogen and oxygen atoms in total. The van der Waals surface area contributed by atoms with Crippen molar-refractivity contribution in [1.82, 2.24) is 0 Å². The lowest BCUT2D eigenvalue weighted by Crippen LogP contribution is -2.07. The minimum Gasteiger partial charge on any atom is -0.321 e. The predicted molar refractivity (Wildman–Crippen MR) is 45.7 cm³/mol. The SMILES string of the molecule is N/N=C1/N=NCc2ccccc21. The fraction of sp³-hybridized carbons (Fsp3) is 0.125. The van der Waals surface area contributed by atoms with Gasteiger partial charge in [0, 0.05) is 5.56 Å². The highest BCUT2D eigenvalue weighted by Gasteiger charge is 2.11. The van der Waals surface area contributed by atoms with E-state index in [0.29, 0.717) is 12.4 Å². The molecule has 12 heavy (non-hydrogen) atoms. The number of rotatable bonds is 0. The van der Waals surface area contributed by atoms with Gasteiger partial charge in [-0.15, -0.1) is 5.11 Å². The first-order valence-corrected chi connectivity index (χ1v) is 3.65. The van der Waals surface area contributed by atoms with Crippen LogP contribution in [0.4, 0.5) is 0 Å². The summed E-state index contributed by atoms with van der Waals surface area (Å²) in [5.41, 5.74) is 2.10. The Kier molecular flexibility index (Phi) is 1.59. The van der Waals surface area contributed by atoms with E-state index < -0.39 is 0 Å². The average Bonchev–Trinajstić information content (AvgIpc) is 2.17. The molecular weight excluding hydrogens is 152 g/mol. The molecule has 0 saturated heterocycles. The second kappa shape index (κ2) is 2.73. The van der Waals surface area contributed by atoms with Gasteiger partial charge in [0.2, 0.25) is 0 Å². The third kappa shape index (κ3) is 0.972. The van der Waals surface area contributed by atoms with Crippen LogP contribution < -0.4 is 5.84 Å². The fourth-order valence-corrected chi connectivity index (χ4v) is 1.20. The monoisotopic (exact) mass is 160 g/mol. The Morgan fingerprint density at radius 2 is 2.17 bits per heavy atom. The van der Waals surface area contributed by atoms with E-state index in [1.807, 2.05) is 24.3 Å². The number of hydrogen-bond acceptors (Lipinski definition) is 3. The molecule has 0 aromatic heterocycles. The Bertz CT molecular complexity index is 354. The van der Waals surface area contributed by atoms with Gasteiger partial charge in [0.15, 0.2) is 5.84 Å². The molecule has 1 aromatic rings. The molecule has 0 unspecified atom stereocenters. The highest BCUT2D eigenvalue weighted by Crippen LogP contribution is 2.16. The lowest BCUT2D eigenvalue weighted by molar-refractivity contribution is 0.936. The van der Waals surface area contributed by atoms with Crippen molar-refractivity contribution in [2.75, 3.05) is 0 Å². The minimum absolute atomic E-state index is 0.511. The number of hydrogen-bond donors (Lipinski definition) is 1. The molecule has 0 saturated carbocycles. The van der Waals surface area contributed by atoms with Gasteiger partial charge in [0.1, 0.15) is 0 Å². The topological polar surface area (TPSA) is 63.1 Å². The number of azo groups is 1. The maximum absolute atomic E-state index is 5.15. The van der Waals surface area contributed by atoms with Crippen LogP contribution in [0.15, 0.2) is 39.6 Å². The van der Waals surface area contributed by atoms with Gasteiger partial charge in [-0.3, -0.25) is 0 Å². The first-order valence-electron chi connectivity index (χ1n) is 3.65. The van der Waals surface area contributed by atoms with E-state index in [0.717, 1.165) is 11.1 Å². The Morgan fingerprint density at radius 1 is 1.33 bits per heavy atom. The number of benzene rings is 1. The molecule has 0 spiro atoms. The highest BCUT2D eigenvalue weighted by molar-refractivity contribution is 6.00. The predicted octanol–water partition coefficient (Wildman–Crippen LogP) is 1.27. The number of nitrogens with two attached hydrogens (primary N) is 1. The van der Waals surface area contributed by atoms with Crippen LogP contribution in [0.25, 0.3) is 0 Å². The van der Waals surface area contributed by atoms with Crippen molar-refractivity contribution < 1.29 is 0 Å². The maximum atomic E-state index is 5.15. The molecule has 0 radical (unpaired) electrons. The molecule has 0 amide bonds. The van der Waals surface area contributed by atoms with Crippen LogP contribution in [0.1, 0.15) is 11.1 Å². The van der Waals surface area contributed by atoms with E-state index in [4.69, 9.17) is 5.84 Å². The van der Waals surface area contributed by atoms with Crippen molar-refractivity contribution in [3.05, 3.63) is 35.4 Å². The van der Waals surface area contributed by atoms with Crippen LogP contribution in [-0.4, -0.2) is 5.84 Å². The van der Waals surface area contributed by atoms with Crippen LogP contribution >= 0.6 is 0 Å². The molecule has 1 aromatic carbocycles. The maximum Gasteiger partial charge on any atom is 0.200 e. The van der Waals surface area contributed by atoms with Crippen molar-refractivity contribution >= 4 is 5.84 Å². The van der Waals surface area contributed by atoms with Crippen molar-refractivity contribution in [1.29, 1.82) is 0 Å². The van der Waals surface area contributed by atoms with E-state index in [-0.39, 0.29) is 0 Å². The lowest BCUT2D eigenvalue weighted by Gasteiger charge is -2.08. The summed E-state index contributed by atoms with van der Waals surface area (Å²) in [6.45, 7) is 0.620. The first-order chi connectivity index (χ1) is 5.92. The largest absolute Gasteiger partial charge is 0.321 e. The third-order valence-electron chi connectivity index (χ3n) is 1.79. The molecule has 0 fully saturated rings. The van der Waals surface area contributed by atoms with Crippen LogP contribution in [0.2, 0.25) is 0 Å². The van der Waals surface area contributed by atoms with Crippen LogP contribution in [0.3, 0.4) is 0 Å². The normalized spacial score (nSPS) is 17.8. The summed E-state index contributed by atoms with van der Waals surface area (Å²) in [6, 6.07) is 7.84. The van der Waals surface area contributed by atoms with E-state index >= 15 is 0 Å². The molecular formula is C8H8N4. The summed E-state index contributed by atoms with van der Waals surface area (Å²) in [7, 11) is 0. The standard InChI is InChI=1S/C8H8N4/c9-11-8-7-4-2-1-3-6(7)5-10-12-8/h1-4H,5,9H2/b11-8+. The molecule has 1 aliphatic rings. The second-order valence-corrected chi connectivity index (χ2v) is 2.51. The summed E-state index contributed by atoms with van der Waals surface area (Å²) in [4.78, 5) is 0. The van der Waals surface area contributed by atoms with Gasteiger partial charge in [-0.25, -0.2) is 0 Å². The Hall–Kier alpha value is -1.71. The van der Waals surface area contributed by atoms with Crippen molar-refractivity contribution in [2.45, 2.75) is 6.54 Å². The zero-order valence-electron chi connectivity index (χ0n) is 6.44. The number of amidine groups is 1. The van der Waals surface area contributed by atoms with Gasteiger partial charge < -0.3 is 5.84 Å². The van der Waals surface area contributed by atoms with Gasteiger partial charge in [-0.05, 0) is 5.56 Å². The Morgan fingerprint density at radius 3 is 3.00 bits per heavy atom. The molecule has 60 valence electrons.